The Morgan fingerprint density at radius 3 is 1.90 bits per heavy atom. The second-order valence-electron chi connectivity index (χ2n) is 4.11. The maximum atomic E-state index is 9.60. The molecule has 1 unspecified atom stereocenters. The van der Waals surface area contributed by atoms with Gasteiger partial charge in [-0.2, -0.15) is 0 Å². The van der Waals surface area contributed by atoms with Crippen LogP contribution >= 0.6 is 0 Å². The number of ether oxygens (including phenoxy) is 3. The summed E-state index contributed by atoms with van der Waals surface area (Å²) < 4.78 is 16.0. The Bertz CT molecular complexity index is 472. The predicted molar refractivity (Wildman–Crippen MR) is 75.8 cm³/mol. The zero-order valence-electron chi connectivity index (χ0n) is 11.1. The lowest BCUT2D eigenvalue weighted by molar-refractivity contribution is -0.123. The summed E-state index contributed by atoms with van der Waals surface area (Å²) in [5.41, 5.74) is 0. The Balaban J connectivity index is 1.57. The highest BCUT2D eigenvalue weighted by atomic mass is 16.6. The molecule has 1 atom stereocenters. The van der Waals surface area contributed by atoms with Crippen molar-refractivity contribution >= 4 is 0 Å². The first-order chi connectivity index (χ1) is 9.84. The van der Waals surface area contributed by atoms with Crippen molar-refractivity contribution in [3.05, 3.63) is 60.7 Å². The van der Waals surface area contributed by atoms with Crippen molar-refractivity contribution in [1.29, 1.82) is 0 Å². The Kier molecular flexibility index (Phi) is 5.89. The summed E-state index contributed by atoms with van der Waals surface area (Å²) >= 11 is 0. The van der Waals surface area contributed by atoms with Gasteiger partial charge in [0.2, 0.25) is 0 Å². The van der Waals surface area contributed by atoms with Crippen LogP contribution in [-0.4, -0.2) is 31.2 Å². The molecule has 2 aromatic rings. The van der Waals surface area contributed by atoms with E-state index in [0.717, 1.165) is 5.75 Å². The van der Waals surface area contributed by atoms with Crippen LogP contribution in [0.3, 0.4) is 0 Å². The average molecular weight is 274 g/mol. The maximum Gasteiger partial charge on any atom is 0.189 e. The summed E-state index contributed by atoms with van der Waals surface area (Å²) in [4.78, 5) is 0. The second-order valence-corrected chi connectivity index (χ2v) is 4.11. The molecule has 20 heavy (non-hydrogen) atoms. The molecule has 0 spiro atoms. The van der Waals surface area contributed by atoms with Crippen molar-refractivity contribution in [2.45, 2.75) is 6.29 Å². The molecule has 2 rings (SSSR count). The summed E-state index contributed by atoms with van der Waals surface area (Å²) in [6, 6.07) is 18.8. The van der Waals surface area contributed by atoms with Crippen LogP contribution in [0.5, 0.6) is 11.5 Å². The molecule has 0 aliphatic heterocycles. The first kappa shape index (κ1) is 14.4. The van der Waals surface area contributed by atoms with Gasteiger partial charge in [0.25, 0.3) is 0 Å². The van der Waals surface area contributed by atoms with Crippen LogP contribution < -0.4 is 9.47 Å². The van der Waals surface area contributed by atoms with Gasteiger partial charge in [-0.25, -0.2) is 0 Å². The van der Waals surface area contributed by atoms with Gasteiger partial charge in [0, 0.05) is 0 Å². The van der Waals surface area contributed by atoms with E-state index in [0.29, 0.717) is 19.0 Å². The molecular weight excluding hydrogens is 256 g/mol. The monoisotopic (exact) mass is 274 g/mol. The molecule has 0 radical (unpaired) electrons. The van der Waals surface area contributed by atoms with Crippen LogP contribution in [0.25, 0.3) is 0 Å². The molecule has 0 fully saturated rings. The molecule has 0 aliphatic carbocycles. The summed E-state index contributed by atoms with van der Waals surface area (Å²) in [6.45, 7) is 0.774. The van der Waals surface area contributed by atoms with E-state index in [1.54, 1.807) is 0 Å². The van der Waals surface area contributed by atoms with Crippen LogP contribution in [0.15, 0.2) is 60.7 Å². The Morgan fingerprint density at radius 1 is 0.750 bits per heavy atom. The van der Waals surface area contributed by atoms with Gasteiger partial charge in [-0.3, -0.25) is 0 Å². The molecule has 0 amide bonds. The predicted octanol–water partition coefficient (Wildman–Crippen LogP) is 2.48. The Hall–Kier alpha value is -2.04. The second kappa shape index (κ2) is 8.19. The van der Waals surface area contributed by atoms with Gasteiger partial charge in [0.1, 0.15) is 24.7 Å². The number of hydrogen-bond donors (Lipinski definition) is 1. The van der Waals surface area contributed by atoms with E-state index in [9.17, 15) is 5.11 Å². The first-order valence-electron chi connectivity index (χ1n) is 6.50. The molecule has 2 aromatic carbocycles. The van der Waals surface area contributed by atoms with Gasteiger partial charge in [-0.1, -0.05) is 36.4 Å². The summed E-state index contributed by atoms with van der Waals surface area (Å²) in [7, 11) is 0. The number of para-hydroxylation sites is 2. The van der Waals surface area contributed by atoms with Gasteiger partial charge >= 0.3 is 0 Å². The lowest BCUT2D eigenvalue weighted by Gasteiger charge is -2.13. The molecular formula is C16H18O4. The minimum Gasteiger partial charge on any atom is -0.491 e. The minimum atomic E-state index is -0.963. The minimum absolute atomic E-state index is 0.0926. The molecule has 1 N–H and O–H groups in total. The third-order valence-corrected chi connectivity index (χ3v) is 2.54. The smallest absolute Gasteiger partial charge is 0.189 e. The molecule has 0 saturated carbocycles. The molecule has 0 aromatic heterocycles. The molecule has 4 nitrogen and oxygen atoms in total. The molecule has 0 heterocycles. The van der Waals surface area contributed by atoms with E-state index in [-0.39, 0.29) is 6.61 Å². The maximum absolute atomic E-state index is 9.60. The largest absolute Gasteiger partial charge is 0.491 e. The number of aliphatic hydroxyl groups is 1. The molecule has 0 aliphatic rings. The lowest BCUT2D eigenvalue weighted by atomic mass is 10.3. The fourth-order valence-electron chi connectivity index (χ4n) is 1.59. The number of aliphatic hydroxyl groups excluding tert-OH is 1. The van der Waals surface area contributed by atoms with E-state index in [1.807, 2.05) is 60.7 Å². The van der Waals surface area contributed by atoms with E-state index in [4.69, 9.17) is 14.2 Å². The standard InChI is InChI=1S/C16H18O4/c17-16(13-20-15-9-5-2-6-10-15)19-12-11-18-14-7-3-1-4-8-14/h1-10,16-17H,11-13H2. The highest BCUT2D eigenvalue weighted by molar-refractivity contribution is 5.21. The van der Waals surface area contributed by atoms with Gasteiger partial charge < -0.3 is 19.3 Å². The van der Waals surface area contributed by atoms with Crippen LogP contribution in [0, 0.1) is 0 Å². The van der Waals surface area contributed by atoms with E-state index in [2.05, 4.69) is 0 Å². The van der Waals surface area contributed by atoms with Crippen molar-refractivity contribution in [1.82, 2.24) is 0 Å². The van der Waals surface area contributed by atoms with Gasteiger partial charge in [-0.15, -0.1) is 0 Å². The number of benzene rings is 2. The van der Waals surface area contributed by atoms with Crippen molar-refractivity contribution in [2.75, 3.05) is 19.8 Å². The average Bonchev–Trinajstić information content (AvgIpc) is 2.52. The Labute approximate surface area is 118 Å². The van der Waals surface area contributed by atoms with Gasteiger partial charge in [0.05, 0.1) is 6.61 Å². The van der Waals surface area contributed by atoms with Crippen LogP contribution in [-0.2, 0) is 4.74 Å². The lowest BCUT2D eigenvalue weighted by Crippen LogP contribution is -2.23. The van der Waals surface area contributed by atoms with Crippen LogP contribution in [0.1, 0.15) is 0 Å². The molecule has 106 valence electrons. The topological polar surface area (TPSA) is 47.9 Å². The Morgan fingerprint density at radius 2 is 1.30 bits per heavy atom. The van der Waals surface area contributed by atoms with Gasteiger partial charge in [-0.05, 0) is 24.3 Å². The van der Waals surface area contributed by atoms with E-state index < -0.39 is 6.29 Å². The van der Waals surface area contributed by atoms with Crippen molar-refractivity contribution in [3.8, 4) is 11.5 Å². The zero-order chi connectivity index (χ0) is 14.0. The van der Waals surface area contributed by atoms with Crippen molar-refractivity contribution in [3.63, 3.8) is 0 Å². The fraction of sp³-hybridized carbons (Fsp3) is 0.250. The van der Waals surface area contributed by atoms with Crippen LogP contribution in [0.4, 0.5) is 0 Å². The molecule has 0 bridgehead atoms. The number of hydrogen-bond acceptors (Lipinski definition) is 4. The molecule has 4 heteroatoms. The zero-order valence-corrected chi connectivity index (χ0v) is 11.1. The summed E-state index contributed by atoms with van der Waals surface area (Å²) in [5.74, 6) is 1.49. The fourth-order valence-corrected chi connectivity index (χ4v) is 1.59. The molecule has 0 saturated heterocycles. The third kappa shape index (κ3) is 5.30. The first-order valence-corrected chi connectivity index (χ1v) is 6.50. The summed E-state index contributed by atoms with van der Waals surface area (Å²) in [5, 5.41) is 9.60. The van der Waals surface area contributed by atoms with Crippen molar-refractivity contribution in [2.24, 2.45) is 0 Å². The SMILES string of the molecule is OC(COc1ccccc1)OCCOc1ccccc1. The quantitative estimate of drug-likeness (QED) is 0.593. The van der Waals surface area contributed by atoms with Crippen molar-refractivity contribution < 1.29 is 19.3 Å². The normalized spacial score (nSPS) is 11.8. The van der Waals surface area contributed by atoms with Crippen LogP contribution in [0.2, 0.25) is 0 Å². The van der Waals surface area contributed by atoms with E-state index >= 15 is 0 Å². The van der Waals surface area contributed by atoms with E-state index in [1.165, 1.54) is 0 Å². The highest BCUT2D eigenvalue weighted by Gasteiger charge is 2.05. The third-order valence-electron chi connectivity index (χ3n) is 2.54. The summed E-state index contributed by atoms with van der Waals surface area (Å²) in [6.07, 6.45) is -0.963. The highest BCUT2D eigenvalue weighted by Crippen LogP contribution is 2.09. The van der Waals surface area contributed by atoms with Gasteiger partial charge in [0.15, 0.2) is 6.29 Å². The number of rotatable bonds is 8.